The second-order valence-corrected chi connectivity index (χ2v) is 9.59. The number of phenolic OH excluding ortho intramolecular Hbond substituents is 2. The van der Waals surface area contributed by atoms with Crippen molar-refractivity contribution in [3.8, 4) is 11.5 Å². The van der Waals surface area contributed by atoms with Gasteiger partial charge in [0.05, 0.1) is 26.4 Å². The van der Waals surface area contributed by atoms with Crippen LogP contribution in [0.4, 0.5) is 0 Å². The number of aromatic hydroxyl groups is 2. The fourth-order valence-electron chi connectivity index (χ4n) is 4.02. The van der Waals surface area contributed by atoms with Gasteiger partial charge in [-0.15, -0.1) is 0 Å². The maximum Gasteiger partial charge on any atom is 0.126 e. The van der Waals surface area contributed by atoms with Gasteiger partial charge in [0.15, 0.2) is 0 Å². The number of ether oxygens (including phenoxy) is 4. The molecule has 0 aliphatic heterocycles. The maximum absolute atomic E-state index is 10.8. The molecule has 0 fully saturated rings. The SMILES string of the molecule is CCCCOCc1cc(C(C)(C)c2cc(COC)c(O)c(COCCCC)c2)cc(COC)c1O. The van der Waals surface area contributed by atoms with Crippen LogP contribution in [0.2, 0.25) is 0 Å². The molecular weight excluding hydrogens is 444 g/mol. The molecule has 2 rings (SSSR count). The van der Waals surface area contributed by atoms with Crippen LogP contribution in [0.3, 0.4) is 0 Å². The molecule has 0 aliphatic carbocycles. The topological polar surface area (TPSA) is 77.4 Å². The lowest BCUT2D eigenvalue weighted by atomic mass is 9.76. The first-order chi connectivity index (χ1) is 16.8. The molecule has 35 heavy (non-hydrogen) atoms. The molecule has 6 nitrogen and oxygen atoms in total. The Morgan fingerprint density at radius 1 is 0.629 bits per heavy atom. The van der Waals surface area contributed by atoms with Crippen LogP contribution in [0, 0.1) is 0 Å². The van der Waals surface area contributed by atoms with E-state index in [0.29, 0.717) is 39.6 Å². The van der Waals surface area contributed by atoms with Gasteiger partial charge in [-0.05, 0) is 48.2 Å². The van der Waals surface area contributed by atoms with Gasteiger partial charge in [0, 0.05) is 55.1 Å². The molecule has 0 aliphatic rings. The molecular formula is C29H44O6. The quantitative estimate of drug-likeness (QED) is 0.268. The van der Waals surface area contributed by atoms with E-state index in [1.807, 2.05) is 24.3 Å². The Morgan fingerprint density at radius 2 is 0.971 bits per heavy atom. The van der Waals surface area contributed by atoms with E-state index in [1.54, 1.807) is 14.2 Å². The lowest BCUT2D eigenvalue weighted by Gasteiger charge is -2.29. The predicted molar refractivity (Wildman–Crippen MR) is 139 cm³/mol. The van der Waals surface area contributed by atoms with Gasteiger partial charge in [0.25, 0.3) is 0 Å². The lowest BCUT2D eigenvalue weighted by molar-refractivity contribution is 0.115. The third kappa shape index (κ3) is 7.94. The zero-order chi connectivity index (χ0) is 25.8. The largest absolute Gasteiger partial charge is 0.507 e. The van der Waals surface area contributed by atoms with Gasteiger partial charge in [-0.1, -0.05) is 40.5 Å². The predicted octanol–water partition coefficient (Wildman–Crippen LogP) is 6.35. The summed E-state index contributed by atoms with van der Waals surface area (Å²) in [5.41, 5.74) is 4.59. The molecule has 2 aromatic rings. The molecule has 0 saturated heterocycles. The summed E-state index contributed by atoms with van der Waals surface area (Å²) < 4.78 is 22.4. The molecule has 0 bridgehead atoms. The number of benzene rings is 2. The second-order valence-electron chi connectivity index (χ2n) is 9.59. The minimum Gasteiger partial charge on any atom is -0.507 e. The van der Waals surface area contributed by atoms with E-state index < -0.39 is 5.41 Å². The Morgan fingerprint density at radius 3 is 1.29 bits per heavy atom. The molecule has 2 N–H and O–H groups in total. The van der Waals surface area contributed by atoms with E-state index in [-0.39, 0.29) is 11.5 Å². The minimum atomic E-state index is -0.428. The van der Waals surface area contributed by atoms with Gasteiger partial charge in [0.1, 0.15) is 11.5 Å². The highest BCUT2D eigenvalue weighted by molar-refractivity contribution is 5.52. The van der Waals surface area contributed by atoms with Crippen molar-refractivity contribution in [2.24, 2.45) is 0 Å². The summed E-state index contributed by atoms with van der Waals surface area (Å²) in [7, 11) is 3.24. The Bertz CT molecular complexity index is 848. The Labute approximate surface area is 211 Å². The monoisotopic (exact) mass is 488 g/mol. The van der Waals surface area contributed by atoms with Crippen LogP contribution in [0.25, 0.3) is 0 Å². The average molecular weight is 489 g/mol. The zero-order valence-corrected chi connectivity index (χ0v) is 22.4. The minimum absolute atomic E-state index is 0.221. The second kappa shape index (κ2) is 14.4. The normalized spacial score (nSPS) is 11.8. The number of unbranched alkanes of at least 4 members (excludes halogenated alkanes) is 2. The molecule has 196 valence electrons. The number of methoxy groups -OCH3 is 2. The van der Waals surface area contributed by atoms with Crippen molar-refractivity contribution >= 4 is 0 Å². The summed E-state index contributed by atoms with van der Waals surface area (Å²) in [5.74, 6) is 0.442. The van der Waals surface area contributed by atoms with Crippen molar-refractivity contribution in [2.45, 2.75) is 85.2 Å². The highest BCUT2D eigenvalue weighted by atomic mass is 16.5. The standard InChI is InChI=1S/C29H44O6/c1-7-9-11-34-19-23-15-25(13-21(17-32-5)27(23)30)29(3,4)26-14-22(18-33-6)28(31)24(16-26)20-35-12-10-8-2/h13-16,30-31H,7-12,17-20H2,1-6H3. The molecule has 2 aromatic carbocycles. The Hall–Kier alpha value is -2.12. The van der Waals surface area contributed by atoms with Gasteiger partial charge < -0.3 is 29.2 Å². The summed E-state index contributed by atoms with van der Waals surface area (Å²) in [6.07, 6.45) is 4.08. The first-order valence-electron chi connectivity index (χ1n) is 12.6. The Kier molecular flexibility index (Phi) is 12.0. The van der Waals surface area contributed by atoms with Gasteiger partial charge in [-0.25, -0.2) is 0 Å². The maximum atomic E-state index is 10.8. The molecule has 0 saturated carbocycles. The van der Waals surface area contributed by atoms with E-state index in [1.165, 1.54) is 0 Å². The van der Waals surface area contributed by atoms with Crippen LogP contribution in [0.1, 0.15) is 86.8 Å². The summed E-state index contributed by atoms with van der Waals surface area (Å²) in [6, 6.07) is 8.02. The number of phenols is 2. The third-order valence-electron chi connectivity index (χ3n) is 6.38. The van der Waals surface area contributed by atoms with E-state index in [2.05, 4.69) is 27.7 Å². The summed E-state index contributed by atoms with van der Waals surface area (Å²) in [4.78, 5) is 0. The number of hydrogen-bond acceptors (Lipinski definition) is 6. The van der Waals surface area contributed by atoms with Crippen molar-refractivity contribution in [2.75, 3.05) is 27.4 Å². The van der Waals surface area contributed by atoms with Crippen molar-refractivity contribution in [1.29, 1.82) is 0 Å². The van der Waals surface area contributed by atoms with Crippen molar-refractivity contribution in [1.82, 2.24) is 0 Å². The zero-order valence-electron chi connectivity index (χ0n) is 22.4. The van der Waals surface area contributed by atoms with Gasteiger partial charge in [-0.3, -0.25) is 0 Å². The Balaban J connectivity index is 2.49. The van der Waals surface area contributed by atoms with Crippen LogP contribution in [-0.2, 0) is 50.8 Å². The van der Waals surface area contributed by atoms with E-state index in [4.69, 9.17) is 18.9 Å². The molecule has 0 amide bonds. The fraction of sp³-hybridized carbons (Fsp3) is 0.586. The molecule has 0 spiro atoms. The first-order valence-corrected chi connectivity index (χ1v) is 12.6. The highest BCUT2D eigenvalue weighted by Crippen LogP contribution is 2.39. The van der Waals surface area contributed by atoms with Crippen molar-refractivity contribution < 1.29 is 29.2 Å². The van der Waals surface area contributed by atoms with Crippen LogP contribution >= 0.6 is 0 Å². The van der Waals surface area contributed by atoms with E-state index in [0.717, 1.165) is 59.1 Å². The van der Waals surface area contributed by atoms with Crippen LogP contribution in [0.5, 0.6) is 11.5 Å². The summed E-state index contributed by atoms with van der Waals surface area (Å²) in [5, 5.41) is 21.7. The average Bonchev–Trinajstić information content (AvgIpc) is 2.83. The summed E-state index contributed by atoms with van der Waals surface area (Å²) >= 11 is 0. The highest BCUT2D eigenvalue weighted by Gasteiger charge is 2.28. The molecule has 0 unspecified atom stereocenters. The van der Waals surface area contributed by atoms with Crippen molar-refractivity contribution in [3.63, 3.8) is 0 Å². The van der Waals surface area contributed by atoms with E-state index >= 15 is 0 Å². The molecule has 0 aromatic heterocycles. The third-order valence-corrected chi connectivity index (χ3v) is 6.38. The van der Waals surface area contributed by atoms with Crippen LogP contribution in [0.15, 0.2) is 24.3 Å². The van der Waals surface area contributed by atoms with Gasteiger partial charge in [-0.2, -0.15) is 0 Å². The van der Waals surface area contributed by atoms with E-state index in [9.17, 15) is 10.2 Å². The smallest absolute Gasteiger partial charge is 0.126 e. The lowest BCUT2D eigenvalue weighted by Crippen LogP contribution is -2.21. The fourth-order valence-corrected chi connectivity index (χ4v) is 4.02. The molecule has 6 heteroatoms. The number of rotatable bonds is 16. The van der Waals surface area contributed by atoms with Gasteiger partial charge >= 0.3 is 0 Å². The molecule has 0 radical (unpaired) electrons. The van der Waals surface area contributed by atoms with Gasteiger partial charge in [0.2, 0.25) is 0 Å². The van der Waals surface area contributed by atoms with Crippen LogP contribution < -0.4 is 0 Å². The van der Waals surface area contributed by atoms with Crippen LogP contribution in [-0.4, -0.2) is 37.6 Å². The first kappa shape index (κ1) is 29.1. The van der Waals surface area contributed by atoms with Crippen molar-refractivity contribution in [3.05, 3.63) is 57.6 Å². The summed E-state index contributed by atoms with van der Waals surface area (Å²) in [6.45, 7) is 11.1. The number of hydrogen-bond donors (Lipinski definition) is 2. The molecule has 0 heterocycles. The molecule has 0 atom stereocenters.